The molecule has 28 heavy (non-hydrogen) atoms. The molecule has 0 saturated carbocycles. The molecule has 0 aliphatic rings. The van der Waals surface area contributed by atoms with Gasteiger partial charge in [-0.15, -0.1) is 0 Å². The first-order chi connectivity index (χ1) is 13.3. The number of carbonyl (C=O) groups is 2. The molecular formula is C21H20ClN3O3. The van der Waals surface area contributed by atoms with E-state index in [0.717, 1.165) is 22.6 Å². The number of rotatable bonds is 5. The van der Waals surface area contributed by atoms with Crippen molar-refractivity contribution in [2.45, 2.75) is 20.8 Å². The Balaban J connectivity index is 1.59. The topological polar surface area (TPSA) is 73.2 Å². The van der Waals surface area contributed by atoms with Crippen molar-refractivity contribution < 1.29 is 14.3 Å². The average molecular weight is 398 g/mol. The second-order valence-corrected chi connectivity index (χ2v) is 6.81. The van der Waals surface area contributed by atoms with Gasteiger partial charge in [0.2, 0.25) is 0 Å². The molecule has 0 radical (unpaired) electrons. The van der Waals surface area contributed by atoms with Gasteiger partial charge in [-0.1, -0.05) is 29.3 Å². The van der Waals surface area contributed by atoms with Crippen molar-refractivity contribution in [3.63, 3.8) is 0 Å². The summed E-state index contributed by atoms with van der Waals surface area (Å²) >= 11 is 6.17. The summed E-state index contributed by atoms with van der Waals surface area (Å²) in [4.78, 5) is 24.1. The molecule has 3 rings (SSSR count). The number of esters is 1. The van der Waals surface area contributed by atoms with Gasteiger partial charge in [-0.2, -0.15) is 5.10 Å². The van der Waals surface area contributed by atoms with Crippen molar-refractivity contribution in [3.05, 3.63) is 76.1 Å². The molecule has 0 bridgehead atoms. The molecule has 3 aromatic rings. The quantitative estimate of drug-likeness (QED) is 0.653. The lowest BCUT2D eigenvalue weighted by molar-refractivity contribution is -0.119. The van der Waals surface area contributed by atoms with E-state index in [2.05, 4.69) is 10.4 Å². The Kier molecular flexibility index (Phi) is 5.80. The van der Waals surface area contributed by atoms with Crippen molar-refractivity contribution in [1.82, 2.24) is 9.78 Å². The number of hydrogen-bond donors (Lipinski definition) is 1. The molecule has 1 aromatic heterocycles. The normalized spacial score (nSPS) is 10.6. The lowest BCUT2D eigenvalue weighted by Gasteiger charge is -2.08. The highest BCUT2D eigenvalue weighted by Gasteiger charge is 2.13. The highest BCUT2D eigenvalue weighted by Crippen LogP contribution is 2.22. The Morgan fingerprint density at radius 1 is 1.04 bits per heavy atom. The molecule has 6 nitrogen and oxygen atoms in total. The van der Waals surface area contributed by atoms with E-state index < -0.39 is 11.9 Å². The van der Waals surface area contributed by atoms with Gasteiger partial charge >= 0.3 is 5.97 Å². The Morgan fingerprint density at radius 2 is 1.68 bits per heavy atom. The maximum atomic E-state index is 12.2. The van der Waals surface area contributed by atoms with Crippen LogP contribution in [0, 0.1) is 20.8 Å². The number of benzene rings is 2. The van der Waals surface area contributed by atoms with Gasteiger partial charge < -0.3 is 10.1 Å². The smallest absolute Gasteiger partial charge is 0.338 e. The standard InChI is InChI=1S/C21H20ClN3O3/c1-13-4-8-17(9-5-13)23-19(26)12-28-21(27)16-6-10-18(11-7-16)25-15(3)20(22)14(2)24-25/h4-11H,12H2,1-3H3,(H,23,26). The minimum absolute atomic E-state index is 0.347. The fourth-order valence-corrected chi connectivity index (χ4v) is 2.78. The third-order valence-electron chi connectivity index (χ3n) is 4.22. The molecule has 1 amide bonds. The number of anilines is 1. The van der Waals surface area contributed by atoms with Crippen molar-refractivity contribution >= 4 is 29.2 Å². The summed E-state index contributed by atoms with van der Waals surface area (Å²) in [5.74, 6) is -0.969. The fourth-order valence-electron chi connectivity index (χ4n) is 2.66. The van der Waals surface area contributed by atoms with E-state index in [4.69, 9.17) is 16.3 Å². The van der Waals surface area contributed by atoms with Gasteiger partial charge in [-0.05, 0) is 57.2 Å². The first-order valence-corrected chi connectivity index (χ1v) is 9.09. The van der Waals surface area contributed by atoms with Crippen molar-refractivity contribution in [1.29, 1.82) is 0 Å². The summed E-state index contributed by atoms with van der Waals surface area (Å²) in [6.45, 7) is 5.31. The number of nitrogens with one attached hydrogen (secondary N) is 1. The molecule has 0 aliphatic heterocycles. The van der Waals surface area contributed by atoms with E-state index >= 15 is 0 Å². The van der Waals surface area contributed by atoms with Gasteiger partial charge in [-0.25, -0.2) is 9.48 Å². The lowest BCUT2D eigenvalue weighted by atomic mass is 10.2. The van der Waals surface area contributed by atoms with Crippen molar-refractivity contribution in [2.75, 3.05) is 11.9 Å². The number of carbonyl (C=O) groups excluding carboxylic acids is 2. The highest BCUT2D eigenvalue weighted by atomic mass is 35.5. The van der Waals surface area contributed by atoms with Gasteiger partial charge in [0.05, 0.1) is 27.7 Å². The van der Waals surface area contributed by atoms with Crippen LogP contribution in [0.3, 0.4) is 0 Å². The third kappa shape index (κ3) is 4.40. The molecular weight excluding hydrogens is 378 g/mol. The molecule has 0 saturated heterocycles. The molecule has 0 spiro atoms. The Bertz CT molecular complexity index is 1010. The highest BCUT2D eigenvalue weighted by molar-refractivity contribution is 6.31. The Hall–Kier alpha value is -3.12. The number of aromatic nitrogens is 2. The Morgan fingerprint density at radius 3 is 2.25 bits per heavy atom. The monoisotopic (exact) mass is 397 g/mol. The number of nitrogens with zero attached hydrogens (tertiary/aromatic N) is 2. The maximum absolute atomic E-state index is 12.2. The minimum atomic E-state index is -0.572. The molecule has 2 aromatic carbocycles. The van der Waals surface area contributed by atoms with Crippen molar-refractivity contribution in [2.24, 2.45) is 0 Å². The maximum Gasteiger partial charge on any atom is 0.338 e. The van der Waals surface area contributed by atoms with Crippen molar-refractivity contribution in [3.8, 4) is 5.69 Å². The number of hydrogen-bond acceptors (Lipinski definition) is 4. The predicted molar refractivity (Wildman–Crippen MR) is 108 cm³/mol. The Labute approximate surface area is 168 Å². The summed E-state index contributed by atoms with van der Waals surface area (Å²) in [5.41, 5.74) is 4.43. The van der Waals surface area contributed by atoms with E-state index in [1.807, 2.05) is 32.9 Å². The summed E-state index contributed by atoms with van der Waals surface area (Å²) in [6, 6.07) is 14.1. The second kappa shape index (κ2) is 8.27. The zero-order chi connectivity index (χ0) is 20.3. The summed E-state index contributed by atoms with van der Waals surface area (Å²) < 4.78 is 6.79. The summed E-state index contributed by atoms with van der Waals surface area (Å²) in [6.07, 6.45) is 0. The number of ether oxygens (including phenoxy) is 1. The van der Waals surface area contributed by atoms with Gasteiger partial charge in [0, 0.05) is 5.69 Å². The summed E-state index contributed by atoms with van der Waals surface area (Å²) in [7, 11) is 0. The minimum Gasteiger partial charge on any atom is -0.452 e. The first kappa shape index (κ1) is 19.6. The largest absolute Gasteiger partial charge is 0.452 e. The molecule has 1 N–H and O–H groups in total. The predicted octanol–water partition coefficient (Wildman–Crippen LogP) is 4.25. The average Bonchev–Trinajstić information content (AvgIpc) is 2.95. The number of amides is 1. The van der Waals surface area contributed by atoms with Crippen LogP contribution in [0.2, 0.25) is 5.02 Å². The molecule has 7 heteroatoms. The van der Waals surface area contributed by atoms with Crippen LogP contribution >= 0.6 is 11.6 Å². The van der Waals surface area contributed by atoms with Crippen LogP contribution in [0.5, 0.6) is 0 Å². The molecule has 0 fully saturated rings. The zero-order valence-electron chi connectivity index (χ0n) is 15.8. The van der Waals surface area contributed by atoms with Gasteiger partial charge in [-0.3, -0.25) is 4.79 Å². The lowest BCUT2D eigenvalue weighted by Crippen LogP contribution is -2.20. The first-order valence-electron chi connectivity index (χ1n) is 8.71. The molecule has 144 valence electrons. The van der Waals surface area contributed by atoms with Gasteiger partial charge in [0.1, 0.15) is 0 Å². The van der Waals surface area contributed by atoms with Crippen LogP contribution in [0.1, 0.15) is 27.3 Å². The van der Waals surface area contributed by atoms with E-state index in [-0.39, 0.29) is 6.61 Å². The molecule has 0 unspecified atom stereocenters. The molecule has 0 atom stereocenters. The van der Waals surface area contributed by atoms with Crippen LogP contribution in [0.4, 0.5) is 5.69 Å². The number of halogens is 1. The SMILES string of the molecule is Cc1ccc(NC(=O)COC(=O)c2ccc(-n3nc(C)c(Cl)c3C)cc2)cc1. The van der Waals surface area contributed by atoms with Crippen LogP contribution in [-0.2, 0) is 9.53 Å². The van der Waals surface area contributed by atoms with E-state index in [1.165, 1.54) is 0 Å². The van der Waals surface area contributed by atoms with Crippen LogP contribution in [-0.4, -0.2) is 28.3 Å². The fraction of sp³-hybridized carbons (Fsp3) is 0.190. The number of aryl methyl sites for hydroxylation is 2. The second-order valence-electron chi connectivity index (χ2n) is 6.43. The summed E-state index contributed by atoms with van der Waals surface area (Å²) in [5, 5.41) is 7.67. The van der Waals surface area contributed by atoms with Crippen LogP contribution in [0.15, 0.2) is 48.5 Å². The van der Waals surface area contributed by atoms with E-state index in [1.54, 1.807) is 41.1 Å². The van der Waals surface area contributed by atoms with Gasteiger partial charge in [0.15, 0.2) is 6.61 Å². The van der Waals surface area contributed by atoms with Gasteiger partial charge in [0.25, 0.3) is 5.91 Å². The van der Waals surface area contributed by atoms with Crippen LogP contribution in [0.25, 0.3) is 5.69 Å². The van der Waals surface area contributed by atoms with E-state index in [9.17, 15) is 9.59 Å². The van der Waals surface area contributed by atoms with E-state index in [0.29, 0.717) is 16.3 Å². The molecule has 1 heterocycles. The third-order valence-corrected chi connectivity index (χ3v) is 4.77. The zero-order valence-corrected chi connectivity index (χ0v) is 16.6. The molecule has 0 aliphatic carbocycles. The van der Waals surface area contributed by atoms with Crippen LogP contribution < -0.4 is 5.32 Å².